The van der Waals surface area contributed by atoms with Crippen molar-refractivity contribution in [1.82, 2.24) is 10.0 Å². The SMILES string of the molecule is C#CCNS(=O)(=O)c1cccc(C(=O)NCC(F)(F)F)c1. The number of sulfonamides is 1. The van der Waals surface area contributed by atoms with Gasteiger partial charge in [-0.25, -0.2) is 8.42 Å². The monoisotopic (exact) mass is 320 g/mol. The van der Waals surface area contributed by atoms with Crippen molar-refractivity contribution in [2.75, 3.05) is 13.1 Å². The minimum atomic E-state index is -4.55. The van der Waals surface area contributed by atoms with Crippen LogP contribution in [0, 0.1) is 12.3 Å². The molecule has 114 valence electrons. The van der Waals surface area contributed by atoms with Crippen LogP contribution in [-0.4, -0.2) is 33.6 Å². The molecule has 2 N–H and O–H groups in total. The van der Waals surface area contributed by atoms with Crippen LogP contribution >= 0.6 is 0 Å². The van der Waals surface area contributed by atoms with Gasteiger partial charge in [-0.1, -0.05) is 12.0 Å². The molecule has 1 amide bonds. The van der Waals surface area contributed by atoms with Crippen LogP contribution in [0.1, 0.15) is 10.4 Å². The average Bonchev–Trinajstić information content (AvgIpc) is 2.42. The summed E-state index contributed by atoms with van der Waals surface area (Å²) in [6.07, 6.45) is 0.377. The number of terminal acetylenes is 1. The van der Waals surface area contributed by atoms with Gasteiger partial charge < -0.3 is 5.32 Å². The van der Waals surface area contributed by atoms with E-state index in [1.54, 1.807) is 5.32 Å². The second-order valence-corrected chi connectivity index (χ2v) is 5.62. The standard InChI is InChI=1S/C12H11F3N2O3S/c1-2-6-17-21(19,20)10-5-3-4-9(7-10)11(18)16-8-12(13,14)15/h1,3-5,7,17H,6,8H2,(H,16,18). The molecule has 0 bridgehead atoms. The minimum absolute atomic E-state index is 0.206. The lowest BCUT2D eigenvalue weighted by Crippen LogP contribution is -2.33. The zero-order valence-corrected chi connectivity index (χ0v) is 11.4. The van der Waals surface area contributed by atoms with Crippen LogP contribution in [0.2, 0.25) is 0 Å². The lowest BCUT2D eigenvalue weighted by Gasteiger charge is -2.09. The van der Waals surface area contributed by atoms with Crippen molar-refractivity contribution in [3.8, 4) is 12.3 Å². The summed E-state index contributed by atoms with van der Waals surface area (Å²) in [6.45, 7) is -1.75. The second-order valence-electron chi connectivity index (χ2n) is 3.85. The van der Waals surface area contributed by atoms with Gasteiger partial charge >= 0.3 is 6.18 Å². The molecule has 5 nitrogen and oxygen atoms in total. The Hall–Kier alpha value is -2.05. The molecule has 0 aliphatic rings. The topological polar surface area (TPSA) is 75.3 Å². The zero-order chi connectivity index (χ0) is 16.1. The fourth-order valence-electron chi connectivity index (χ4n) is 1.31. The van der Waals surface area contributed by atoms with Gasteiger partial charge in [-0.15, -0.1) is 6.42 Å². The maximum atomic E-state index is 12.0. The van der Waals surface area contributed by atoms with Gasteiger partial charge in [0.25, 0.3) is 5.91 Å². The van der Waals surface area contributed by atoms with Crippen molar-refractivity contribution >= 4 is 15.9 Å². The van der Waals surface area contributed by atoms with Gasteiger partial charge in [-0.2, -0.15) is 17.9 Å². The summed E-state index contributed by atoms with van der Waals surface area (Å²) in [4.78, 5) is 11.3. The number of carbonyl (C=O) groups excluding carboxylic acids is 1. The third kappa shape index (κ3) is 5.45. The molecule has 0 spiro atoms. The summed E-state index contributed by atoms with van der Waals surface area (Å²) in [7, 11) is -3.92. The van der Waals surface area contributed by atoms with E-state index in [9.17, 15) is 26.4 Å². The highest BCUT2D eigenvalue weighted by atomic mass is 32.2. The number of alkyl halides is 3. The van der Waals surface area contributed by atoms with Gasteiger partial charge in [0.05, 0.1) is 11.4 Å². The molecule has 0 atom stereocenters. The molecule has 0 saturated carbocycles. The van der Waals surface area contributed by atoms with Gasteiger partial charge in [0.2, 0.25) is 10.0 Å². The van der Waals surface area contributed by atoms with Crippen molar-refractivity contribution in [2.24, 2.45) is 0 Å². The maximum absolute atomic E-state index is 12.0. The molecule has 1 aromatic rings. The molecule has 1 rings (SSSR count). The lowest BCUT2D eigenvalue weighted by molar-refractivity contribution is -0.123. The summed E-state index contributed by atoms with van der Waals surface area (Å²) in [5.74, 6) is 1.05. The molecule has 0 aliphatic heterocycles. The fourth-order valence-corrected chi connectivity index (χ4v) is 2.29. The van der Waals surface area contributed by atoms with E-state index < -0.39 is 28.7 Å². The van der Waals surface area contributed by atoms with E-state index in [0.717, 1.165) is 6.07 Å². The molecule has 0 radical (unpaired) electrons. The number of carbonyl (C=O) groups is 1. The molecule has 0 unspecified atom stereocenters. The van der Waals surface area contributed by atoms with E-state index in [4.69, 9.17) is 6.42 Å². The molecule has 21 heavy (non-hydrogen) atoms. The van der Waals surface area contributed by atoms with Crippen molar-refractivity contribution in [1.29, 1.82) is 0 Å². The Labute approximate surface area is 119 Å². The number of rotatable bonds is 5. The van der Waals surface area contributed by atoms with Crippen LogP contribution < -0.4 is 10.0 Å². The lowest BCUT2D eigenvalue weighted by atomic mass is 10.2. The third-order valence-corrected chi connectivity index (χ3v) is 3.62. The summed E-state index contributed by atoms with van der Waals surface area (Å²) >= 11 is 0. The highest BCUT2D eigenvalue weighted by molar-refractivity contribution is 7.89. The Bertz CT molecular complexity index is 663. The Morgan fingerprint density at radius 2 is 2.00 bits per heavy atom. The van der Waals surface area contributed by atoms with Gasteiger partial charge in [0, 0.05) is 5.56 Å². The first kappa shape index (κ1) is 17.0. The smallest absolute Gasteiger partial charge is 0.343 e. The van der Waals surface area contributed by atoms with Crippen LogP contribution in [-0.2, 0) is 10.0 Å². The van der Waals surface area contributed by atoms with Crippen LogP contribution in [0.5, 0.6) is 0 Å². The number of benzene rings is 1. The Morgan fingerprint density at radius 3 is 2.57 bits per heavy atom. The van der Waals surface area contributed by atoms with E-state index in [2.05, 4.69) is 10.6 Å². The van der Waals surface area contributed by atoms with Crippen LogP contribution in [0.25, 0.3) is 0 Å². The van der Waals surface area contributed by atoms with E-state index >= 15 is 0 Å². The summed E-state index contributed by atoms with van der Waals surface area (Å²) in [5, 5.41) is 1.65. The van der Waals surface area contributed by atoms with Crippen molar-refractivity contribution in [3.05, 3.63) is 29.8 Å². The quantitative estimate of drug-likeness (QED) is 0.791. The number of nitrogens with one attached hydrogen (secondary N) is 2. The maximum Gasteiger partial charge on any atom is 0.405 e. The molecular weight excluding hydrogens is 309 g/mol. The number of halogens is 3. The van der Waals surface area contributed by atoms with Crippen molar-refractivity contribution in [2.45, 2.75) is 11.1 Å². The first-order valence-corrected chi connectivity index (χ1v) is 7.02. The number of hydrogen-bond donors (Lipinski definition) is 2. The van der Waals surface area contributed by atoms with Crippen molar-refractivity contribution < 1.29 is 26.4 Å². The summed E-state index contributed by atoms with van der Waals surface area (Å²) in [6, 6.07) is 4.60. The third-order valence-electron chi connectivity index (χ3n) is 2.22. The average molecular weight is 320 g/mol. The first-order valence-electron chi connectivity index (χ1n) is 5.54. The summed E-state index contributed by atoms with van der Waals surface area (Å²) in [5.41, 5.74) is -0.206. The predicted octanol–water partition coefficient (Wildman–Crippen LogP) is 0.890. The molecule has 1 aromatic carbocycles. The highest BCUT2D eigenvalue weighted by Gasteiger charge is 2.28. The fraction of sp³-hybridized carbons (Fsp3) is 0.250. The van der Waals surface area contributed by atoms with Crippen LogP contribution in [0.3, 0.4) is 0 Å². The Kier molecular flexibility index (Phi) is 5.34. The molecular formula is C12H11F3N2O3S. The van der Waals surface area contributed by atoms with E-state index in [1.807, 2.05) is 0 Å². The molecule has 0 aromatic heterocycles. The van der Waals surface area contributed by atoms with Gasteiger partial charge in [-0.05, 0) is 18.2 Å². The first-order chi connectivity index (χ1) is 9.65. The normalized spacial score (nSPS) is 11.7. The zero-order valence-electron chi connectivity index (χ0n) is 10.6. The highest BCUT2D eigenvalue weighted by Crippen LogP contribution is 2.14. The molecule has 0 aliphatic carbocycles. The van der Waals surface area contributed by atoms with E-state index in [0.29, 0.717) is 0 Å². The van der Waals surface area contributed by atoms with Gasteiger partial charge in [0.15, 0.2) is 0 Å². The molecule has 0 saturated heterocycles. The molecule has 0 fully saturated rings. The minimum Gasteiger partial charge on any atom is -0.343 e. The Morgan fingerprint density at radius 1 is 1.33 bits per heavy atom. The predicted molar refractivity (Wildman–Crippen MR) is 68.9 cm³/mol. The molecule has 0 heterocycles. The second kappa shape index (κ2) is 6.60. The largest absolute Gasteiger partial charge is 0.405 e. The van der Waals surface area contributed by atoms with Crippen molar-refractivity contribution in [3.63, 3.8) is 0 Å². The number of amides is 1. The van der Waals surface area contributed by atoms with Crippen LogP contribution in [0.15, 0.2) is 29.2 Å². The van der Waals surface area contributed by atoms with E-state index in [1.165, 1.54) is 18.2 Å². The van der Waals surface area contributed by atoms with Crippen LogP contribution in [0.4, 0.5) is 13.2 Å². The van der Waals surface area contributed by atoms with Gasteiger partial charge in [0.1, 0.15) is 6.54 Å². The van der Waals surface area contributed by atoms with Gasteiger partial charge in [-0.3, -0.25) is 4.79 Å². The summed E-state index contributed by atoms with van der Waals surface area (Å²) < 4.78 is 61.6. The Balaban J connectivity index is 2.91. The van der Waals surface area contributed by atoms with E-state index in [-0.39, 0.29) is 17.0 Å². The molecule has 9 heteroatoms. The number of hydrogen-bond acceptors (Lipinski definition) is 3.